The summed E-state index contributed by atoms with van der Waals surface area (Å²) in [6.07, 6.45) is 0. The van der Waals surface area contributed by atoms with Gasteiger partial charge >= 0.3 is 0 Å². The van der Waals surface area contributed by atoms with Gasteiger partial charge in [0.2, 0.25) is 9.84 Å². The number of halogens is 2. The third-order valence-corrected chi connectivity index (χ3v) is 8.88. The van der Waals surface area contributed by atoms with E-state index in [4.69, 9.17) is 9.47 Å². The van der Waals surface area contributed by atoms with Crippen molar-refractivity contribution in [1.29, 1.82) is 0 Å². The molecular formula is C38H26F2N2O6S. The van der Waals surface area contributed by atoms with Gasteiger partial charge in [-0.3, -0.25) is 9.59 Å². The van der Waals surface area contributed by atoms with Gasteiger partial charge in [-0.25, -0.2) is 17.2 Å². The summed E-state index contributed by atoms with van der Waals surface area (Å²) in [5, 5.41) is 5.39. The lowest BCUT2D eigenvalue weighted by Gasteiger charge is -2.11. The van der Waals surface area contributed by atoms with Gasteiger partial charge in [0.05, 0.1) is 9.79 Å². The fourth-order valence-corrected chi connectivity index (χ4v) is 5.98. The van der Waals surface area contributed by atoms with Crippen LogP contribution in [0.1, 0.15) is 20.7 Å². The summed E-state index contributed by atoms with van der Waals surface area (Å²) in [6, 6.07) is 35.6. The van der Waals surface area contributed by atoms with E-state index in [0.717, 1.165) is 12.1 Å². The van der Waals surface area contributed by atoms with Crippen molar-refractivity contribution in [1.82, 2.24) is 0 Å². The van der Waals surface area contributed by atoms with Crippen LogP contribution in [0.5, 0.6) is 23.0 Å². The molecule has 0 bridgehead atoms. The number of anilines is 2. The Morgan fingerprint density at radius 3 is 1.24 bits per heavy atom. The molecule has 2 amide bonds. The van der Waals surface area contributed by atoms with Gasteiger partial charge < -0.3 is 20.1 Å². The van der Waals surface area contributed by atoms with E-state index in [2.05, 4.69) is 10.6 Å². The molecule has 0 aliphatic carbocycles. The Hall–Kier alpha value is -6.33. The predicted molar refractivity (Wildman–Crippen MR) is 180 cm³/mol. The lowest BCUT2D eigenvalue weighted by Crippen LogP contribution is -2.11. The molecule has 0 aliphatic heterocycles. The quantitative estimate of drug-likeness (QED) is 0.150. The van der Waals surface area contributed by atoms with E-state index in [0.29, 0.717) is 34.4 Å². The second-order valence-corrected chi connectivity index (χ2v) is 12.6. The summed E-state index contributed by atoms with van der Waals surface area (Å²) >= 11 is 0. The number of ether oxygens (including phenoxy) is 2. The van der Waals surface area contributed by atoms with Gasteiger partial charge in [0.1, 0.15) is 34.6 Å². The number of carbonyl (C=O) groups excluding carboxylic acids is 2. The molecule has 0 saturated carbocycles. The van der Waals surface area contributed by atoms with Crippen molar-refractivity contribution >= 4 is 33.0 Å². The highest BCUT2D eigenvalue weighted by molar-refractivity contribution is 7.91. The molecule has 0 aromatic heterocycles. The first-order valence-corrected chi connectivity index (χ1v) is 16.3. The first kappa shape index (κ1) is 32.6. The number of benzene rings is 6. The molecule has 0 spiro atoms. The van der Waals surface area contributed by atoms with Crippen LogP contribution in [0.3, 0.4) is 0 Å². The number of hydrogen-bond donors (Lipinski definition) is 2. The summed E-state index contributed by atoms with van der Waals surface area (Å²) in [7, 11) is -3.88. The second-order valence-electron chi connectivity index (χ2n) is 10.6. The maximum atomic E-state index is 13.5. The van der Waals surface area contributed by atoms with Crippen molar-refractivity contribution in [3.63, 3.8) is 0 Å². The molecule has 6 rings (SSSR count). The van der Waals surface area contributed by atoms with Crippen molar-refractivity contribution in [2.24, 2.45) is 0 Å². The van der Waals surface area contributed by atoms with E-state index in [1.165, 1.54) is 84.9 Å². The van der Waals surface area contributed by atoms with E-state index in [-0.39, 0.29) is 20.9 Å². The second kappa shape index (κ2) is 14.2. The first-order chi connectivity index (χ1) is 23.6. The smallest absolute Gasteiger partial charge is 0.255 e. The van der Waals surface area contributed by atoms with Crippen LogP contribution in [0.2, 0.25) is 0 Å². The first-order valence-electron chi connectivity index (χ1n) is 14.8. The molecular weight excluding hydrogens is 650 g/mol. The van der Waals surface area contributed by atoms with Crippen LogP contribution in [0.15, 0.2) is 155 Å². The molecule has 0 radical (unpaired) electrons. The molecule has 8 nitrogen and oxygen atoms in total. The Balaban J connectivity index is 1.08. The van der Waals surface area contributed by atoms with Crippen molar-refractivity contribution in [3.8, 4) is 23.0 Å². The predicted octanol–water partition coefficient (Wildman–Crippen LogP) is 8.89. The van der Waals surface area contributed by atoms with Gasteiger partial charge in [-0.05, 0) is 109 Å². The molecule has 0 atom stereocenters. The average Bonchev–Trinajstić information content (AvgIpc) is 3.09. The van der Waals surface area contributed by atoms with Crippen molar-refractivity contribution in [2.45, 2.75) is 9.79 Å². The molecule has 6 aromatic rings. The van der Waals surface area contributed by atoms with E-state index >= 15 is 0 Å². The topological polar surface area (TPSA) is 111 Å². The molecule has 0 fully saturated rings. The zero-order valence-corrected chi connectivity index (χ0v) is 26.3. The third-order valence-electron chi connectivity index (χ3n) is 7.10. The SMILES string of the molecule is O=C(Nc1cccc(Oc2ccc(S(=O)(=O)c3ccc(Oc4cccc(NC(=O)c5cccc(F)c5)c4)cc3)cc2)c1)c1cccc(F)c1. The molecule has 49 heavy (non-hydrogen) atoms. The minimum atomic E-state index is -3.88. The van der Waals surface area contributed by atoms with Crippen LogP contribution in [0.4, 0.5) is 20.2 Å². The number of hydrogen-bond acceptors (Lipinski definition) is 6. The van der Waals surface area contributed by atoms with Gasteiger partial charge in [-0.1, -0.05) is 24.3 Å². The summed E-state index contributed by atoms with van der Waals surface area (Å²) < 4.78 is 65.4. The van der Waals surface area contributed by atoms with Gasteiger partial charge in [0.25, 0.3) is 11.8 Å². The summed E-state index contributed by atoms with van der Waals surface area (Å²) in [5.41, 5.74) is 1.20. The Labute approximate surface area is 280 Å². The summed E-state index contributed by atoms with van der Waals surface area (Å²) in [6.45, 7) is 0. The lowest BCUT2D eigenvalue weighted by atomic mass is 10.2. The minimum Gasteiger partial charge on any atom is -0.457 e. The van der Waals surface area contributed by atoms with Crippen LogP contribution < -0.4 is 20.1 Å². The monoisotopic (exact) mass is 676 g/mol. The largest absolute Gasteiger partial charge is 0.457 e. The molecule has 0 saturated heterocycles. The summed E-state index contributed by atoms with van der Waals surface area (Å²) in [5.74, 6) is -0.489. The molecule has 0 heterocycles. The van der Waals surface area contributed by atoms with Crippen LogP contribution in [-0.2, 0) is 9.84 Å². The van der Waals surface area contributed by atoms with Gasteiger partial charge in [0, 0.05) is 34.6 Å². The van der Waals surface area contributed by atoms with Crippen LogP contribution in [0.25, 0.3) is 0 Å². The fraction of sp³-hybridized carbons (Fsp3) is 0. The molecule has 244 valence electrons. The van der Waals surface area contributed by atoms with Gasteiger partial charge in [0.15, 0.2) is 0 Å². The molecule has 0 unspecified atom stereocenters. The maximum absolute atomic E-state index is 13.5. The van der Waals surface area contributed by atoms with E-state index in [1.807, 2.05) is 0 Å². The van der Waals surface area contributed by atoms with Crippen LogP contribution in [-0.4, -0.2) is 20.2 Å². The highest BCUT2D eigenvalue weighted by atomic mass is 32.2. The fourth-order valence-electron chi connectivity index (χ4n) is 4.72. The number of nitrogens with one attached hydrogen (secondary N) is 2. The Bertz CT molecular complexity index is 2110. The Morgan fingerprint density at radius 2 is 0.857 bits per heavy atom. The highest BCUT2D eigenvalue weighted by Gasteiger charge is 2.18. The minimum absolute atomic E-state index is 0.0476. The van der Waals surface area contributed by atoms with E-state index in [1.54, 1.807) is 48.5 Å². The molecule has 6 aromatic carbocycles. The van der Waals surface area contributed by atoms with Crippen molar-refractivity contribution < 1.29 is 36.3 Å². The number of carbonyl (C=O) groups is 2. The Kier molecular flexibility index (Phi) is 9.45. The van der Waals surface area contributed by atoms with E-state index < -0.39 is 33.3 Å². The lowest BCUT2D eigenvalue weighted by molar-refractivity contribution is 0.101. The molecule has 11 heteroatoms. The maximum Gasteiger partial charge on any atom is 0.255 e. The van der Waals surface area contributed by atoms with Crippen LogP contribution >= 0.6 is 0 Å². The molecule has 0 aliphatic rings. The summed E-state index contributed by atoms with van der Waals surface area (Å²) in [4.78, 5) is 25.0. The highest BCUT2D eigenvalue weighted by Crippen LogP contribution is 2.30. The van der Waals surface area contributed by atoms with Crippen LogP contribution in [0, 0.1) is 11.6 Å². The number of sulfone groups is 1. The van der Waals surface area contributed by atoms with Gasteiger partial charge in [-0.2, -0.15) is 0 Å². The molecule has 2 N–H and O–H groups in total. The third kappa shape index (κ3) is 8.16. The van der Waals surface area contributed by atoms with Crippen molar-refractivity contribution in [3.05, 3.63) is 168 Å². The zero-order valence-electron chi connectivity index (χ0n) is 25.5. The normalized spacial score (nSPS) is 11.0. The number of amides is 2. The standard InChI is InChI=1S/C38H26F2N2O6S/c39-27-7-1-5-25(21-27)37(43)41-29-9-3-11-33(23-29)47-31-13-17-35(18-14-31)49(45,46)36-19-15-32(16-20-36)48-34-12-4-10-30(24-34)42-38(44)26-6-2-8-28(40)22-26/h1-24H,(H,41,43)(H,42,44). The zero-order chi connectivity index (χ0) is 34.4. The number of rotatable bonds is 10. The van der Waals surface area contributed by atoms with E-state index in [9.17, 15) is 26.8 Å². The van der Waals surface area contributed by atoms with Crippen molar-refractivity contribution in [2.75, 3.05) is 10.6 Å². The van der Waals surface area contributed by atoms with Gasteiger partial charge in [-0.15, -0.1) is 0 Å². The average molecular weight is 677 g/mol. The Morgan fingerprint density at radius 1 is 0.469 bits per heavy atom.